The van der Waals surface area contributed by atoms with Crippen molar-refractivity contribution < 1.29 is 14.6 Å². The van der Waals surface area contributed by atoms with Crippen molar-refractivity contribution in [2.24, 2.45) is 5.41 Å². The highest BCUT2D eigenvalue weighted by atomic mass is 16.5. The molecule has 0 aromatic heterocycles. The van der Waals surface area contributed by atoms with Gasteiger partial charge in [0.25, 0.3) is 0 Å². The van der Waals surface area contributed by atoms with Gasteiger partial charge in [0.1, 0.15) is 5.41 Å². The number of carbonyl (C=O) groups is 1. The van der Waals surface area contributed by atoms with Crippen molar-refractivity contribution >= 4 is 5.97 Å². The molecule has 1 N–H and O–H groups in total. The van der Waals surface area contributed by atoms with Gasteiger partial charge < -0.3 is 14.7 Å². The summed E-state index contributed by atoms with van der Waals surface area (Å²) in [5.41, 5.74) is -0.666. The van der Waals surface area contributed by atoms with Crippen LogP contribution >= 0.6 is 0 Å². The minimum atomic E-state index is -0.715. The number of hydrogen-bond acceptors (Lipinski definition) is 3. The maximum absolute atomic E-state index is 11.3. The van der Waals surface area contributed by atoms with E-state index in [-0.39, 0.29) is 0 Å². The Morgan fingerprint density at radius 1 is 1.50 bits per heavy atom. The molecule has 1 aliphatic heterocycles. The Morgan fingerprint density at radius 3 is 2.75 bits per heavy atom. The standard InChI is InChI=1S/C12H23NO3/c1-3-4-5-7-13(2)9-12(11(14)15)6-8-16-10-12/h3-10H2,1-2H3,(H,14,15). The molecule has 0 bridgehead atoms. The summed E-state index contributed by atoms with van der Waals surface area (Å²) < 4.78 is 5.24. The molecule has 1 rings (SSSR count). The SMILES string of the molecule is CCCCCN(C)CC1(C(=O)O)CCOC1. The lowest BCUT2D eigenvalue weighted by atomic mass is 9.87. The highest BCUT2D eigenvalue weighted by Gasteiger charge is 2.43. The average Bonchev–Trinajstić information content (AvgIpc) is 2.68. The number of aliphatic carboxylic acids is 1. The molecule has 1 atom stereocenters. The molecular weight excluding hydrogens is 206 g/mol. The van der Waals surface area contributed by atoms with Crippen molar-refractivity contribution in [3.05, 3.63) is 0 Å². The fourth-order valence-corrected chi connectivity index (χ4v) is 2.20. The summed E-state index contributed by atoms with van der Waals surface area (Å²) in [7, 11) is 2.00. The number of hydrogen-bond donors (Lipinski definition) is 1. The van der Waals surface area contributed by atoms with Gasteiger partial charge in [-0.25, -0.2) is 0 Å². The number of carboxylic acids is 1. The first-order chi connectivity index (χ1) is 7.60. The van der Waals surface area contributed by atoms with E-state index >= 15 is 0 Å². The molecule has 4 nitrogen and oxygen atoms in total. The van der Waals surface area contributed by atoms with Gasteiger partial charge in [-0.2, -0.15) is 0 Å². The van der Waals surface area contributed by atoms with Gasteiger partial charge in [-0.1, -0.05) is 19.8 Å². The Labute approximate surface area is 97.6 Å². The van der Waals surface area contributed by atoms with E-state index in [0.717, 1.165) is 13.0 Å². The second-order valence-corrected chi connectivity index (χ2v) is 4.83. The lowest BCUT2D eigenvalue weighted by molar-refractivity contribution is -0.150. The molecule has 0 spiro atoms. The predicted octanol–water partition coefficient (Wildman–Crippen LogP) is 1.60. The molecule has 1 saturated heterocycles. The summed E-state index contributed by atoms with van der Waals surface area (Å²) in [6.45, 7) is 4.69. The van der Waals surface area contributed by atoms with E-state index in [2.05, 4.69) is 11.8 Å². The van der Waals surface area contributed by atoms with Gasteiger partial charge in [0.15, 0.2) is 0 Å². The van der Waals surface area contributed by atoms with E-state index in [4.69, 9.17) is 4.74 Å². The van der Waals surface area contributed by atoms with Crippen LogP contribution in [-0.2, 0) is 9.53 Å². The molecule has 0 amide bonds. The molecule has 4 heteroatoms. The topological polar surface area (TPSA) is 49.8 Å². The van der Waals surface area contributed by atoms with Crippen LogP contribution in [0.3, 0.4) is 0 Å². The van der Waals surface area contributed by atoms with Crippen LogP contribution in [0.4, 0.5) is 0 Å². The molecule has 0 radical (unpaired) electrons. The Bertz CT molecular complexity index is 224. The zero-order valence-electron chi connectivity index (χ0n) is 10.4. The van der Waals surface area contributed by atoms with E-state index < -0.39 is 11.4 Å². The lowest BCUT2D eigenvalue weighted by Gasteiger charge is -2.28. The minimum Gasteiger partial charge on any atom is -0.481 e. The molecule has 1 heterocycles. The van der Waals surface area contributed by atoms with Crippen LogP contribution in [0.5, 0.6) is 0 Å². The van der Waals surface area contributed by atoms with E-state index in [1.807, 2.05) is 7.05 Å². The molecule has 0 aliphatic carbocycles. The summed E-state index contributed by atoms with van der Waals surface area (Å²) in [5, 5.41) is 9.28. The first-order valence-corrected chi connectivity index (χ1v) is 6.10. The zero-order chi connectivity index (χ0) is 12.0. The Hall–Kier alpha value is -0.610. The molecule has 0 aromatic carbocycles. The highest BCUT2D eigenvalue weighted by molar-refractivity contribution is 5.75. The normalized spacial score (nSPS) is 25.2. The van der Waals surface area contributed by atoms with Gasteiger partial charge in [-0.15, -0.1) is 0 Å². The highest BCUT2D eigenvalue weighted by Crippen LogP contribution is 2.29. The molecule has 1 aliphatic rings. The third kappa shape index (κ3) is 3.46. The third-order valence-corrected chi connectivity index (χ3v) is 3.27. The van der Waals surface area contributed by atoms with Gasteiger partial charge in [0.05, 0.1) is 6.61 Å². The molecule has 1 fully saturated rings. The van der Waals surface area contributed by atoms with E-state index in [1.165, 1.54) is 12.8 Å². The molecule has 94 valence electrons. The van der Waals surface area contributed by atoms with E-state index in [0.29, 0.717) is 26.2 Å². The van der Waals surface area contributed by atoms with Gasteiger partial charge in [-0.05, 0) is 26.4 Å². The summed E-state index contributed by atoms with van der Waals surface area (Å²) in [4.78, 5) is 13.4. The van der Waals surface area contributed by atoms with Crippen molar-refractivity contribution in [1.82, 2.24) is 4.90 Å². The lowest BCUT2D eigenvalue weighted by Crippen LogP contribution is -2.42. The summed E-state index contributed by atoms with van der Waals surface area (Å²) in [6.07, 6.45) is 4.19. The van der Waals surface area contributed by atoms with Gasteiger partial charge in [0, 0.05) is 13.2 Å². The van der Waals surface area contributed by atoms with Crippen molar-refractivity contribution in [2.75, 3.05) is 33.4 Å². The van der Waals surface area contributed by atoms with E-state index in [1.54, 1.807) is 0 Å². The Kier molecular flexibility index (Phi) is 5.22. The molecule has 16 heavy (non-hydrogen) atoms. The van der Waals surface area contributed by atoms with Gasteiger partial charge in [0.2, 0.25) is 0 Å². The number of unbranched alkanes of at least 4 members (excludes halogenated alkanes) is 2. The van der Waals surface area contributed by atoms with Crippen LogP contribution < -0.4 is 0 Å². The zero-order valence-corrected chi connectivity index (χ0v) is 10.4. The van der Waals surface area contributed by atoms with E-state index in [9.17, 15) is 9.90 Å². The largest absolute Gasteiger partial charge is 0.481 e. The molecule has 0 aromatic rings. The van der Waals surface area contributed by atoms with Crippen LogP contribution in [0.2, 0.25) is 0 Å². The number of ether oxygens (including phenoxy) is 1. The van der Waals surface area contributed by atoms with Gasteiger partial charge >= 0.3 is 5.97 Å². The monoisotopic (exact) mass is 229 g/mol. The summed E-state index contributed by atoms with van der Waals surface area (Å²) >= 11 is 0. The second kappa shape index (κ2) is 6.21. The average molecular weight is 229 g/mol. The fourth-order valence-electron chi connectivity index (χ4n) is 2.20. The van der Waals surface area contributed by atoms with Crippen molar-refractivity contribution in [3.63, 3.8) is 0 Å². The third-order valence-electron chi connectivity index (χ3n) is 3.27. The Balaban J connectivity index is 2.40. The van der Waals surface area contributed by atoms with Gasteiger partial charge in [-0.3, -0.25) is 4.79 Å². The number of carboxylic acid groups (broad SMARTS) is 1. The molecular formula is C12H23NO3. The first-order valence-electron chi connectivity index (χ1n) is 6.10. The smallest absolute Gasteiger partial charge is 0.313 e. The van der Waals surface area contributed by atoms with Crippen molar-refractivity contribution in [3.8, 4) is 0 Å². The molecule has 0 saturated carbocycles. The van der Waals surface area contributed by atoms with Crippen LogP contribution in [0.25, 0.3) is 0 Å². The number of rotatable bonds is 7. The maximum Gasteiger partial charge on any atom is 0.313 e. The Morgan fingerprint density at radius 2 is 2.25 bits per heavy atom. The van der Waals surface area contributed by atoms with Crippen LogP contribution in [0, 0.1) is 5.41 Å². The summed E-state index contributed by atoms with van der Waals surface area (Å²) in [5.74, 6) is -0.715. The fraction of sp³-hybridized carbons (Fsp3) is 0.917. The molecule has 1 unspecified atom stereocenters. The van der Waals surface area contributed by atoms with Crippen molar-refractivity contribution in [1.29, 1.82) is 0 Å². The number of nitrogens with zero attached hydrogens (tertiary/aromatic N) is 1. The van der Waals surface area contributed by atoms with Crippen LogP contribution in [-0.4, -0.2) is 49.3 Å². The maximum atomic E-state index is 11.3. The quantitative estimate of drug-likeness (QED) is 0.674. The van der Waals surface area contributed by atoms with Crippen LogP contribution in [0.15, 0.2) is 0 Å². The van der Waals surface area contributed by atoms with Crippen LogP contribution in [0.1, 0.15) is 32.6 Å². The second-order valence-electron chi connectivity index (χ2n) is 4.83. The van der Waals surface area contributed by atoms with Crippen molar-refractivity contribution in [2.45, 2.75) is 32.6 Å². The minimum absolute atomic E-state index is 0.362. The first kappa shape index (κ1) is 13.5. The summed E-state index contributed by atoms with van der Waals surface area (Å²) in [6, 6.07) is 0. The predicted molar refractivity (Wildman–Crippen MR) is 62.5 cm³/mol.